The molecule has 96 valence electrons. The van der Waals surface area contributed by atoms with E-state index in [0.717, 1.165) is 0 Å². The van der Waals surface area contributed by atoms with Gasteiger partial charge in [-0.3, -0.25) is 9.59 Å². The van der Waals surface area contributed by atoms with E-state index in [2.05, 4.69) is 6.58 Å². The molecule has 0 N–H and O–H groups in total. The summed E-state index contributed by atoms with van der Waals surface area (Å²) < 4.78 is 5.08. The van der Waals surface area contributed by atoms with Gasteiger partial charge in [-0.15, -0.1) is 0 Å². The number of carbonyl (C=O) groups excluding carboxylic acids is 2. The molecule has 0 saturated heterocycles. The first-order valence-corrected chi connectivity index (χ1v) is 5.97. The van der Waals surface area contributed by atoms with Crippen LogP contribution in [0.15, 0.2) is 60.4 Å². The zero-order chi connectivity index (χ0) is 13.8. The lowest BCUT2D eigenvalue weighted by molar-refractivity contribution is 0.0963. The van der Waals surface area contributed by atoms with E-state index in [1.54, 1.807) is 43.3 Å². The third kappa shape index (κ3) is 2.27. The number of rotatable bonds is 4. The second-order valence-electron chi connectivity index (χ2n) is 4.07. The monoisotopic (exact) mass is 254 g/mol. The second kappa shape index (κ2) is 5.48. The molecule has 0 atom stereocenters. The van der Waals surface area contributed by atoms with E-state index >= 15 is 0 Å². The topological polar surface area (TPSA) is 43.4 Å². The Bertz CT molecular complexity index is 606. The molecule has 0 amide bonds. The van der Waals surface area contributed by atoms with Crippen molar-refractivity contribution in [2.45, 2.75) is 6.92 Å². The molecule has 0 radical (unpaired) electrons. The average molecular weight is 254 g/mol. The zero-order valence-electron chi connectivity index (χ0n) is 10.7. The fourth-order valence-corrected chi connectivity index (χ4v) is 2.07. The fraction of sp³-hybridized carbons (Fsp3) is 0.125. The van der Waals surface area contributed by atoms with Gasteiger partial charge in [0.25, 0.3) is 0 Å². The van der Waals surface area contributed by atoms with Gasteiger partial charge in [-0.25, -0.2) is 0 Å². The Morgan fingerprint density at radius 2 is 1.79 bits per heavy atom. The molecule has 3 heteroatoms. The Morgan fingerprint density at radius 1 is 1.16 bits per heavy atom. The number of ketones is 2. The van der Waals surface area contributed by atoms with E-state index in [1.807, 2.05) is 0 Å². The van der Waals surface area contributed by atoms with Gasteiger partial charge in [-0.1, -0.05) is 43.0 Å². The van der Waals surface area contributed by atoms with Crippen LogP contribution in [0.25, 0.3) is 0 Å². The molecule has 1 aromatic carbocycles. The van der Waals surface area contributed by atoms with Crippen molar-refractivity contribution in [2.75, 3.05) is 6.61 Å². The predicted molar refractivity (Wildman–Crippen MR) is 73.1 cm³/mol. The molecule has 1 aliphatic carbocycles. The van der Waals surface area contributed by atoms with Crippen LogP contribution in [0.1, 0.15) is 27.6 Å². The molecule has 3 nitrogen and oxygen atoms in total. The van der Waals surface area contributed by atoms with Gasteiger partial charge in [0.15, 0.2) is 11.6 Å². The summed E-state index contributed by atoms with van der Waals surface area (Å²) in [5.74, 6) is -0.305. The van der Waals surface area contributed by atoms with Gasteiger partial charge in [0.2, 0.25) is 0 Å². The van der Waals surface area contributed by atoms with E-state index in [4.69, 9.17) is 4.74 Å². The van der Waals surface area contributed by atoms with Gasteiger partial charge in [-0.2, -0.15) is 0 Å². The summed E-state index contributed by atoms with van der Waals surface area (Å²) in [6, 6.07) is 6.83. The first-order valence-electron chi connectivity index (χ1n) is 5.97. The summed E-state index contributed by atoms with van der Waals surface area (Å²) in [6.45, 7) is 5.31. The van der Waals surface area contributed by atoms with E-state index in [0.29, 0.717) is 22.3 Å². The molecule has 0 saturated carbocycles. The minimum Gasteiger partial charge on any atom is -0.497 e. The lowest BCUT2D eigenvalue weighted by Crippen LogP contribution is -2.23. The number of hydrogen-bond acceptors (Lipinski definition) is 3. The largest absolute Gasteiger partial charge is 0.497 e. The van der Waals surface area contributed by atoms with Crippen LogP contribution in [0.2, 0.25) is 0 Å². The van der Waals surface area contributed by atoms with Crippen LogP contribution >= 0.6 is 0 Å². The number of ether oxygens (including phenoxy) is 1. The highest BCUT2D eigenvalue weighted by Gasteiger charge is 2.30. The Labute approximate surface area is 111 Å². The highest BCUT2D eigenvalue weighted by atomic mass is 16.5. The molecule has 0 bridgehead atoms. The van der Waals surface area contributed by atoms with Gasteiger partial charge in [-0.05, 0) is 6.92 Å². The number of hydrogen-bond donors (Lipinski definition) is 0. The van der Waals surface area contributed by atoms with Crippen molar-refractivity contribution in [2.24, 2.45) is 0 Å². The van der Waals surface area contributed by atoms with Gasteiger partial charge < -0.3 is 4.74 Å². The maximum Gasteiger partial charge on any atom is 0.194 e. The van der Waals surface area contributed by atoms with E-state index in [-0.39, 0.29) is 18.2 Å². The minimum atomic E-state index is -0.162. The zero-order valence-corrected chi connectivity index (χ0v) is 10.7. The van der Waals surface area contributed by atoms with E-state index in [1.165, 1.54) is 6.26 Å². The maximum atomic E-state index is 12.4. The summed E-state index contributed by atoms with van der Waals surface area (Å²) in [7, 11) is 0. The van der Waals surface area contributed by atoms with Crippen molar-refractivity contribution >= 4 is 11.6 Å². The first kappa shape index (κ1) is 13.0. The Hall–Kier alpha value is -2.42. The summed E-state index contributed by atoms with van der Waals surface area (Å²) >= 11 is 0. The van der Waals surface area contributed by atoms with Crippen molar-refractivity contribution in [1.29, 1.82) is 0 Å². The lowest BCUT2D eigenvalue weighted by atomic mass is 9.84. The normalized spacial score (nSPS) is 14.8. The first-order chi connectivity index (χ1) is 9.20. The third-order valence-corrected chi connectivity index (χ3v) is 2.94. The number of fused-ring (bicyclic) bond motifs is 1. The van der Waals surface area contributed by atoms with E-state index < -0.39 is 0 Å². The quantitative estimate of drug-likeness (QED) is 0.775. The maximum absolute atomic E-state index is 12.4. The molecule has 0 fully saturated rings. The van der Waals surface area contributed by atoms with Crippen LogP contribution < -0.4 is 0 Å². The van der Waals surface area contributed by atoms with Crippen molar-refractivity contribution in [3.63, 3.8) is 0 Å². The Morgan fingerprint density at radius 3 is 2.37 bits per heavy atom. The highest BCUT2D eigenvalue weighted by molar-refractivity contribution is 6.28. The van der Waals surface area contributed by atoms with Gasteiger partial charge in [0, 0.05) is 22.3 Å². The van der Waals surface area contributed by atoms with Crippen LogP contribution in [0.3, 0.4) is 0 Å². The third-order valence-electron chi connectivity index (χ3n) is 2.94. The molecule has 2 rings (SSSR count). The van der Waals surface area contributed by atoms with Crippen LogP contribution in [0, 0.1) is 0 Å². The summed E-state index contributed by atoms with van der Waals surface area (Å²) in [4.78, 5) is 24.8. The fourth-order valence-electron chi connectivity index (χ4n) is 2.07. The van der Waals surface area contributed by atoms with E-state index in [9.17, 15) is 9.59 Å². The minimum absolute atomic E-state index is 0.0576. The van der Waals surface area contributed by atoms with Crippen LogP contribution in [0.4, 0.5) is 0 Å². The number of benzene rings is 1. The summed E-state index contributed by atoms with van der Waals surface area (Å²) in [5, 5.41) is 0. The van der Waals surface area contributed by atoms with Crippen molar-refractivity contribution in [3.8, 4) is 0 Å². The summed E-state index contributed by atoms with van der Waals surface area (Å²) in [5.41, 5.74) is 1.65. The molecule has 0 aromatic heterocycles. The number of allylic oxidation sites excluding steroid dienone is 3. The molecule has 0 spiro atoms. The lowest BCUT2D eigenvalue weighted by Gasteiger charge is -2.18. The molecular formula is C16H14O3. The number of carbonyl (C=O) groups is 2. The van der Waals surface area contributed by atoms with Crippen molar-refractivity contribution in [3.05, 3.63) is 71.5 Å². The van der Waals surface area contributed by atoms with Crippen molar-refractivity contribution < 1.29 is 14.3 Å². The summed E-state index contributed by atoms with van der Waals surface area (Å²) in [6.07, 6.45) is 4.65. The standard InChI is InChI=1S/C16H14O3/c1-3-7-11-14(10-19-4-2)16(18)13-9-6-5-8-12(13)15(11)17/h3-9H,2,10H2,1H3/b7-3+. The highest BCUT2D eigenvalue weighted by Crippen LogP contribution is 2.27. The smallest absolute Gasteiger partial charge is 0.194 e. The second-order valence-corrected chi connectivity index (χ2v) is 4.07. The molecule has 1 aliphatic rings. The Kier molecular flexibility index (Phi) is 3.76. The van der Waals surface area contributed by atoms with Crippen LogP contribution in [0.5, 0.6) is 0 Å². The molecule has 0 unspecified atom stereocenters. The predicted octanol–water partition coefficient (Wildman–Crippen LogP) is 3.10. The molecule has 1 aromatic rings. The van der Waals surface area contributed by atoms with Crippen LogP contribution in [-0.2, 0) is 4.74 Å². The molecule has 0 aliphatic heterocycles. The molecule has 19 heavy (non-hydrogen) atoms. The molecular weight excluding hydrogens is 240 g/mol. The van der Waals surface area contributed by atoms with Gasteiger partial charge >= 0.3 is 0 Å². The molecule has 0 heterocycles. The van der Waals surface area contributed by atoms with Gasteiger partial charge in [0.05, 0.1) is 6.26 Å². The van der Waals surface area contributed by atoms with Crippen LogP contribution in [-0.4, -0.2) is 18.2 Å². The SMILES string of the molecule is C=COCC1=C(/C=C/C)C(=O)c2ccccc2C1=O. The average Bonchev–Trinajstić information content (AvgIpc) is 2.44. The van der Waals surface area contributed by atoms with Gasteiger partial charge in [0.1, 0.15) is 6.61 Å². The van der Waals surface area contributed by atoms with Crippen molar-refractivity contribution in [1.82, 2.24) is 0 Å². The number of Topliss-reactive ketones (excluding diaryl/α,β-unsaturated/α-hetero) is 2. The Balaban J connectivity index is 2.58.